The number of benzene rings is 1. The van der Waals surface area contributed by atoms with E-state index in [9.17, 15) is 14.4 Å². The molecule has 10 heteroatoms. The maximum Gasteiger partial charge on any atom is 0.410 e. The van der Waals surface area contributed by atoms with Crippen molar-refractivity contribution < 1.29 is 23.9 Å². The fourth-order valence-electron chi connectivity index (χ4n) is 5.77. The topological polar surface area (TPSA) is 105 Å². The molecule has 0 N–H and O–H groups in total. The van der Waals surface area contributed by atoms with Crippen molar-refractivity contribution >= 4 is 17.9 Å². The molecular formula is C31H41N5O5. The molecule has 0 unspecified atom stereocenters. The summed E-state index contributed by atoms with van der Waals surface area (Å²) in [7, 11) is 1.66. The second kappa shape index (κ2) is 12.1. The lowest BCUT2D eigenvalue weighted by molar-refractivity contribution is 0.0142. The van der Waals surface area contributed by atoms with Crippen molar-refractivity contribution in [2.24, 2.45) is 0 Å². The van der Waals surface area contributed by atoms with Crippen molar-refractivity contribution in [1.82, 2.24) is 24.7 Å². The fraction of sp³-hybridized carbons (Fsp3) is 0.581. The molecule has 0 radical (unpaired) electrons. The summed E-state index contributed by atoms with van der Waals surface area (Å²) in [4.78, 5) is 53.7. The Morgan fingerprint density at radius 2 is 1.54 bits per heavy atom. The molecule has 3 fully saturated rings. The minimum absolute atomic E-state index is 0.00931. The van der Waals surface area contributed by atoms with Crippen LogP contribution >= 0.6 is 0 Å². The van der Waals surface area contributed by atoms with Crippen molar-refractivity contribution in [1.29, 1.82) is 0 Å². The van der Waals surface area contributed by atoms with Crippen LogP contribution in [-0.4, -0.2) is 99.7 Å². The summed E-state index contributed by atoms with van der Waals surface area (Å²) >= 11 is 0. The van der Waals surface area contributed by atoms with Gasteiger partial charge in [-0.05, 0) is 71.4 Å². The summed E-state index contributed by atoms with van der Waals surface area (Å²) in [5.74, 6) is 0.449. The van der Waals surface area contributed by atoms with E-state index in [1.807, 2.05) is 42.7 Å². The molecule has 2 aromatic rings. The summed E-state index contributed by atoms with van der Waals surface area (Å²) in [6.07, 6.45) is 8.25. The number of aromatic nitrogens is 2. The van der Waals surface area contributed by atoms with Crippen LogP contribution in [0.4, 0.5) is 4.79 Å². The number of carbonyl (C=O) groups excluding carboxylic acids is 3. The van der Waals surface area contributed by atoms with Crippen LogP contribution in [0.5, 0.6) is 0 Å². The molecule has 1 aromatic carbocycles. The summed E-state index contributed by atoms with van der Waals surface area (Å²) in [6.45, 7) is 8.01. The summed E-state index contributed by atoms with van der Waals surface area (Å²) in [5, 5.41) is 0. The molecule has 3 aliphatic rings. The van der Waals surface area contributed by atoms with Crippen LogP contribution < -0.4 is 0 Å². The van der Waals surface area contributed by atoms with Gasteiger partial charge in [0, 0.05) is 62.3 Å². The van der Waals surface area contributed by atoms with E-state index in [-0.39, 0.29) is 36.0 Å². The molecule has 1 atom stereocenters. The van der Waals surface area contributed by atoms with E-state index >= 15 is 0 Å². The first-order valence-corrected chi connectivity index (χ1v) is 14.7. The number of hydrogen-bond acceptors (Lipinski definition) is 7. The molecule has 1 aliphatic carbocycles. The minimum atomic E-state index is -0.531. The third-order valence-corrected chi connectivity index (χ3v) is 7.97. The van der Waals surface area contributed by atoms with Crippen LogP contribution in [-0.2, 0) is 9.47 Å². The largest absolute Gasteiger partial charge is 0.444 e. The molecule has 2 saturated heterocycles. The molecule has 3 amide bonds. The van der Waals surface area contributed by atoms with E-state index < -0.39 is 5.60 Å². The highest BCUT2D eigenvalue weighted by atomic mass is 16.6. The van der Waals surface area contributed by atoms with Crippen molar-refractivity contribution in [2.75, 3.05) is 33.4 Å². The van der Waals surface area contributed by atoms with E-state index in [1.165, 1.54) is 0 Å². The molecule has 10 nitrogen and oxygen atoms in total. The lowest BCUT2D eigenvalue weighted by Crippen LogP contribution is -2.50. The lowest BCUT2D eigenvalue weighted by atomic mass is 10.0. The number of methoxy groups -OCH3 is 1. The second-order valence-electron chi connectivity index (χ2n) is 12.3. The number of nitrogens with zero attached hydrogens (tertiary/aromatic N) is 5. The third kappa shape index (κ3) is 6.86. The highest BCUT2D eigenvalue weighted by Gasteiger charge is 2.40. The van der Waals surface area contributed by atoms with Gasteiger partial charge in [-0.25, -0.2) is 14.8 Å². The summed E-state index contributed by atoms with van der Waals surface area (Å²) < 4.78 is 10.8. The second-order valence-corrected chi connectivity index (χ2v) is 12.3. The first-order valence-electron chi connectivity index (χ1n) is 14.7. The number of amides is 3. The van der Waals surface area contributed by atoms with Crippen molar-refractivity contribution in [2.45, 2.75) is 83.0 Å². The Labute approximate surface area is 242 Å². The first-order chi connectivity index (χ1) is 19.6. The maximum absolute atomic E-state index is 13.6. The summed E-state index contributed by atoms with van der Waals surface area (Å²) in [6, 6.07) is 7.72. The van der Waals surface area contributed by atoms with Crippen molar-refractivity contribution in [3.05, 3.63) is 47.8 Å². The van der Waals surface area contributed by atoms with Gasteiger partial charge in [0.05, 0.1) is 18.2 Å². The van der Waals surface area contributed by atoms with Crippen LogP contribution in [0.15, 0.2) is 36.7 Å². The van der Waals surface area contributed by atoms with Gasteiger partial charge in [0.25, 0.3) is 11.8 Å². The number of rotatable bonds is 7. The van der Waals surface area contributed by atoms with Gasteiger partial charge in [0.15, 0.2) is 5.82 Å². The lowest BCUT2D eigenvalue weighted by Gasteiger charge is -2.39. The highest BCUT2D eigenvalue weighted by Crippen LogP contribution is 2.33. The fourth-order valence-corrected chi connectivity index (χ4v) is 5.77. The highest BCUT2D eigenvalue weighted by molar-refractivity contribution is 5.95. The first kappa shape index (κ1) is 29.0. The molecule has 220 valence electrons. The van der Waals surface area contributed by atoms with E-state index in [0.29, 0.717) is 36.6 Å². The van der Waals surface area contributed by atoms with Gasteiger partial charge in [-0.15, -0.1) is 0 Å². The van der Waals surface area contributed by atoms with Crippen LogP contribution in [0, 0.1) is 0 Å². The van der Waals surface area contributed by atoms with Gasteiger partial charge in [0.2, 0.25) is 0 Å². The molecule has 3 heterocycles. The zero-order chi connectivity index (χ0) is 29.1. The Balaban J connectivity index is 1.21. The van der Waals surface area contributed by atoms with E-state index in [1.54, 1.807) is 36.5 Å². The Bertz CT molecular complexity index is 1230. The average molecular weight is 564 g/mol. The molecule has 1 saturated carbocycles. The van der Waals surface area contributed by atoms with Crippen LogP contribution in [0.2, 0.25) is 0 Å². The minimum Gasteiger partial charge on any atom is -0.444 e. The Kier molecular flexibility index (Phi) is 8.58. The standard InChI is InChI=1S/C31H41N5O5/c1-31(2,3)41-30(39)34-16-13-25(14-17-34)36(24-11-12-24)29(38)23-18-32-27(33-19-23)21-7-9-22(10-8-21)28(37)35-15-5-6-26(35)20-40-4/h7-10,18-19,24-26H,5-6,11-17,20H2,1-4H3/t26-/m1/s1. The summed E-state index contributed by atoms with van der Waals surface area (Å²) in [5.41, 5.74) is 1.34. The van der Waals surface area contributed by atoms with Gasteiger partial charge < -0.3 is 24.2 Å². The number of likely N-dealkylation sites (tertiary alicyclic amines) is 2. The predicted molar refractivity (Wildman–Crippen MR) is 153 cm³/mol. The molecule has 0 spiro atoms. The molecule has 1 aromatic heterocycles. The number of hydrogen-bond donors (Lipinski definition) is 0. The number of ether oxygens (including phenoxy) is 2. The van der Waals surface area contributed by atoms with Crippen molar-refractivity contribution in [3.63, 3.8) is 0 Å². The van der Waals surface area contributed by atoms with Gasteiger partial charge in [-0.1, -0.05) is 12.1 Å². The number of piperidine rings is 1. The van der Waals surface area contributed by atoms with E-state index in [2.05, 4.69) is 9.97 Å². The normalized spacial score (nSPS) is 19.8. The molecule has 5 rings (SSSR count). The molecule has 2 aliphatic heterocycles. The zero-order valence-corrected chi connectivity index (χ0v) is 24.5. The molecule has 0 bridgehead atoms. The monoisotopic (exact) mass is 563 g/mol. The van der Waals surface area contributed by atoms with Crippen molar-refractivity contribution in [3.8, 4) is 11.4 Å². The zero-order valence-electron chi connectivity index (χ0n) is 24.5. The van der Waals surface area contributed by atoms with Crippen LogP contribution in [0.3, 0.4) is 0 Å². The van der Waals surface area contributed by atoms with Crippen LogP contribution in [0.1, 0.15) is 80.0 Å². The smallest absolute Gasteiger partial charge is 0.410 e. The van der Waals surface area contributed by atoms with Gasteiger partial charge in [0.1, 0.15) is 5.60 Å². The van der Waals surface area contributed by atoms with Gasteiger partial charge >= 0.3 is 6.09 Å². The van der Waals surface area contributed by atoms with Crippen LogP contribution in [0.25, 0.3) is 11.4 Å². The maximum atomic E-state index is 13.6. The van der Waals surface area contributed by atoms with Gasteiger partial charge in [-0.2, -0.15) is 0 Å². The Morgan fingerprint density at radius 3 is 2.12 bits per heavy atom. The quantitative estimate of drug-likeness (QED) is 0.492. The predicted octanol–water partition coefficient (Wildman–Crippen LogP) is 4.40. The SMILES string of the molecule is COC[C@H]1CCCN1C(=O)c1ccc(-c2ncc(C(=O)N(C3CC3)C3CCN(C(=O)OC(C)(C)C)CC3)cn2)cc1. The average Bonchev–Trinajstić information content (AvgIpc) is 3.69. The third-order valence-electron chi connectivity index (χ3n) is 7.97. The Morgan fingerprint density at radius 1 is 0.902 bits per heavy atom. The molecule has 41 heavy (non-hydrogen) atoms. The van der Waals surface area contributed by atoms with E-state index in [4.69, 9.17) is 9.47 Å². The molecular weight excluding hydrogens is 522 g/mol. The number of carbonyl (C=O) groups is 3. The van der Waals surface area contributed by atoms with Gasteiger partial charge in [-0.3, -0.25) is 9.59 Å². The van der Waals surface area contributed by atoms with E-state index in [0.717, 1.165) is 50.6 Å². The Hall–Kier alpha value is -3.53.